The van der Waals surface area contributed by atoms with Crippen LogP contribution < -0.4 is 24.0 Å². The number of hydrogen-bond donors (Lipinski definition) is 1. The van der Waals surface area contributed by atoms with Crippen molar-refractivity contribution >= 4 is 10.9 Å². The van der Waals surface area contributed by atoms with Crippen molar-refractivity contribution in [3.05, 3.63) is 35.5 Å². The molecule has 2 nitrogen and oxygen atoms in total. The Morgan fingerprint density at radius 1 is 1.19 bits per heavy atom. The van der Waals surface area contributed by atoms with Crippen molar-refractivity contribution in [3.8, 4) is 0 Å². The molecule has 16 heavy (non-hydrogen) atoms. The standard InChI is InChI=1S/C13H19N2.HI/c1-10-6-5-7-12-13(10)11(8-14-12)9-15(2,3)4;/h5-8,14H,9H2,1-4H3;1H/q+1;/p-1. The number of halogens is 1. The average Bonchev–Trinajstić information content (AvgIpc) is 2.47. The highest BCUT2D eigenvalue weighted by Crippen LogP contribution is 2.23. The molecule has 1 aromatic carbocycles. The number of aromatic nitrogens is 1. The van der Waals surface area contributed by atoms with Crippen molar-refractivity contribution in [2.45, 2.75) is 13.5 Å². The normalized spacial score (nSPS) is 11.5. The molecular formula is C13H19IN2. The van der Waals surface area contributed by atoms with E-state index in [-0.39, 0.29) is 24.0 Å². The Labute approximate surface area is 114 Å². The fourth-order valence-corrected chi connectivity index (χ4v) is 2.09. The third kappa shape index (κ3) is 2.77. The van der Waals surface area contributed by atoms with Gasteiger partial charge in [0.1, 0.15) is 6.54 Å². The van der Waals surface area contributed by atoms with Crippen LogP contribution in [0.25, 0.3) is 10.9 Å². The molecule has 0 saturated carbocycles. The number of fused-ring (bicyclic) bond motifs is 1. The van der Waals surface area contributed by atoms with Crippen LogP contribution in [0.4, 0.5) is 0 Å². The molecule has 1 aromatic heterocycles. The summed E-state index contributed by atoms with van der Waals surface area (Å²) < 4.78 is 0.960. The largest absolute Gasteiger partial charge is 1.00 e. The van der Waals surface area contributed by atoms with E-state index in [0.717, 1.165) is 11.0 Å². The number of aromatic amines is 1. The van der Waals surface area contributed by atoms with Crippen LogP contribution in [-0.4, -0.2) is 30.6 Å². The number of quaternary nitrogens is 1. The lowest BCUT2D eigenvalue weighted by Gasteiger charge is -2.23. The number of rotatable bonds is 2. The Kier molecular flexibility index (Phi) is 4.02. The molecule has 2 aromatic rings. The molecule has 0 fully saturated rings. The van der Waals surface area contributed by atoms with Gasteiger partial charge in [-0.15, -0.1) is 0 Å². The zero-order valence-corrected chi connectivity index (χ0v) is 12.5. The maximum atomic E-state index is 3.34. The molecule has 1 N–H and O–H groups in total. The average molecular weight is 330 g/mol. The molecular weight excluding hydrogens is 311 g/mol. The molecule has 0 unspecified atom stereocenters. The summed E-state index contributed by atoms with van der Waals surface area (Å²) in [6.07, 6.45) is 2.14. The molecule has 0 aliphatic rings. The van der Waals surface area contributed by atoms with Crippen LogP contribution >= 0.6 is 0 Å². The SMILES string of the molecule is Cc1cccc2[nH]cc(C[N+](C)(C)C)c12.[I-]. The van der Waals surface area contributed by atoms with Gasteiger partial charge in [-0.05, 0) is 18.6 Å². The van der Waals surface area contributed by atoms with Gasteiger partial charge in [-0.2, -0.15) is 0 Å². The second-order valence-electron chi connectivity index (χ2n) is 5.26. The van der Waals surface area contributed by atoms with Gasteiger partial charge in [0.2, 0.25) is 0 Å². The highest BCUT2D eigenvalue weighted by atomic mass is 127. The highest BCUT2D eigenvalue weighted by molar-refractivity contribution is 5.86. The maximum absolute atomic E-state index is 3.34. The van der Waals surface area contributed by atoms with Crippen LogP contribution in [0.5, 0.6) is 0 Å². The van der Waals surface area contributed by atoms with Crippen molar-refractivity contribution in [3.63, 3.8) is 0 Å². The fourth-order valence-electron chi connectivity index (χ4n) is 2.09. The van der Waals surface area contributed by atoms with Gasteiger partial charge in [0.05, 0.1) is 21.1 Å². The topological polar surface area (TPSA) is 15.8 Å². The minimum absolute atomic E-state index is 0. The zero-order chi connectivity index (χ0) is 11.1. The number of H-pyrrole nitrogens is 1. The molecule has 0 aliphatic carbocycles. The summed E-state index contributed by atoms with van der Waals surface area (Å²) in [6, 6.07) is 6.42. The Morgan fingerprint density at radius 3 is 2.50 bits per heavy atom. The van der Waals surface area contributed by atoms with E-state index in [4.69, 9.17) is 0 Å². The van der Waals surface area contributed by atoms with Gasteiger partial charge in [0.25, 0.3) is 0 Å². The first-order valence-corrected chi connectivity index (χ1v) is 5.33. The zero-order valence-electron chi connectivity index (χ0n) is 10.3. The van der Waals surface area contributed by atoms with E-state index < -0.39 is 0 Å². The third-order valence-electron chi connectivity index (χ3n) is 2.64. The van der Waals surface area contributed by atoms with Gasteiger partial charge < -0.3 is 33.4 Å². The van der Waals surface area contributed by atoms with Crippen LogP contribution in [0.3, 0.4) is 0 Å². The number of benzene rings is 1. The molecule has 2 rings (SSSR count). The molecule has 0 saturated heterocycles. The van der Waals surface area contributed by atoms with E-state index in [1.54, 1.807) is 0 Å². The lowest BCUT2D eigenvalue weighted by atomic mass is 10.1. The summed E-state index contributed by atoms with van der Waals surface area (Å²) in [7, 11) is 6.66. The van der Waals surface area contributed by atoms with E-state index in [1.165, 1.54) is 22.0 Å². The van der Waals surface area contributed by atoms with Crippen LogP contribution in [0.1, 0.15) is 11.1 Å². The van der Waals surface area contributed by atoms with Gasteiger partial charge in [-0.1, -0.05) is 12.1 Å². The Morgan fingerprint density at radius 2 is 1.88 bits per heavy atom. The van der Waals surface area contributed by atoms with E-state index in [2.05, 4.69) is 57.4 Å². The monoisotopic (exact) mass is 330 g/mol. The molecule has 0 bridgehead atoms. The summed E-state index contributed by atoms with van der Waals surface area (Å²) in [5, 5.41) is 1.39. The molecule has 0 radical (unpaired) electrons. The minimum Gasteiger partial charge on any atom is -1.00 e. The summed E-state index contributed by atoms with van der Waals surface area (Å²) in [6.45, 7) is 3.24. The molecule has 1 heterocycles. The van der Waals surface area contributed by atoms with Crippen molar-refractivity contribution in [2.75, 3.05) is 21.1 Å². The maximum Gasteiger partial charge on any atom is 0.106 e. The predicted molar refractivity (Wildman–Crippen MR) is 64.8 cm³/mol. The smallest absolute Gasteiger partial charge is 0.106 e. The van der Waals surface area contributed by atoms with Gasteiger partial charge in [0, 0.05) is 22.7 Å². The van der Waals surface area contributed by atoms with Crippen LogP contribution in [-0.2, 0) is 6.54 Å². The third-order valence-corrected chi connectivity index (χ3v) is 2.64. The quantitative estimate of drug-likeness (QED) is 0.574. The van der Waals surface area contributed by atoms with E-state index >= 15 is 0 Å². The van der Waals surface area contributed by atoms with Gasteiger partial charge >= 0.3 is 0 Å². The first kappa shape index (κ1) is 13.5. The number of hydrogen-bond acceptors (Lipinski definition) is 0. The first-order chi connectivity index (χ1) is 6.97. The van der Waals surface area contributed by atoms with Crippen molar-refractivity contribution in [1.82, 2.24) is 4.98 Å². The summed E-state index contributed by atoms with van der Waals surface area (Å²) in [4.78, 5) is 3.34. The second kappa shape index (κ2) is 4.75. The second-order valence-corrected chi connectivity index (χ2v) is 5.26. The molecule has 0 spiro atoms. The number of nitrogens with one attached hydrogen (secondary N) is 1. The van der Waals surface area contributed by atoms with Crippen molar-refractivity contribution < 1.29 is 28.5 Å². The van der Waals surface area contributed by atoms with Gasteiger partial charge in [0.15, 0.2) is 0 Å². The van der Waals surface area contributed by atoms with Crippen LogP contribution in [0.2, 0.25) is 0 Å². The first-order valence-electron chi connectivity index (χ1n) is 5.33. The fraction of sp³-hybridized carbons (Fsp3) is 0.385. The van der Waals surface area contributed by atoms with E-state index in [1.807, 2.05) is 0 Å². The van der Waals surface area contributed by atoms with Crippen molar-refractivity contribution in [2.24, 2.45) is 0 Å². The molecule has 3 heteroatoms. The highest BCUT2D eigenvalue weighted by Gasteiger charge is 2.13. The Balaban J connectivity index is 0.00000128. The van der Waals surface area contributed by atoms with Crippen molar-refractivity contribution in [1.29, 1.82) is 0 Å². The summed E-state index contributed by atoms with van der Waals surface area (Å²) in [5.41, 5.74) is 4.02. The summed E-state index contributed by atoms with van der Waals surface area (Å²) >= 11 is 0. The predicted octanol–water partition coefficient (Wildman–Crippen LogP) is -0.313. The molecule has 0 atom stereocenters. The van der Waals surface area contributed by atoms with Gasteiger partial charge in [-0.3, -0.25) is 0 Å². The summed E-state index contributed by atoms with van der Waals surface area (Å²) in [5.74, 6) is 0. The lowest BCUT2D eigenvalue weighted by Crippen LogP contribution is -3.00. The molecule has 0 amide bonds. The van der Waals surface area contributed by atoms with Crippen LogP contribution in [0.15, 0.2) is 24.4 Å². The van der Waals surface area contributed by atoms with Gasteiger partial charge in [-0.25, -0.2) is 0 Å². The minimum atomic E-state index is 0. The van der Waals surface area contributed by atoms with E-state index in [9.17, 15) is 0 Å². The number of aryl methyl sites for hydroxylation is 1. The molecule has 88 valence electrons. The van der Waals surface area contributed by atoms with Crippen LogP contribution in [0, 0.1) is 6.92 Å². The van der Waals surface area contributed by atoms with E-state index in [0.29, 0.717) is 0 Å². The Hall–Kier alpha value is -0.550. The number of nitrogens with zero attached hydrogens (tertiary/aromatic N) is 1. The Bertz CT molecular complexity index is 480. The molecule has 0 aliphatic heterocycles. The lowest BCUT2D eigenvalue weighted by molar-refractivity contribution is -0.883.